The van der Waals surface area contributed by atoms with Gasteiger partial charge in [0.05, 0.1) is 10.4 Å². The Labute approximate surface area is 212 Å². The Bertz CT molecular complexity index is 1270. The molecule has 0 bridgehead atoms. The largest absolute Gasteiger partial charge is 0.365 e. The highest BCUT2D eigenvalue weighted by molar-refractivity contribution is 8.18. The van der Waals surface area contributed by atoms with Crippen LogP contribution in [0.25, 0.3) is 11.6 Å². The first-order valence-corrected chi connectivity index (χ1v) is 12.1. The van der Waals surface area contributed by atoms with Gasteiger partial charge < -0.3 is 10.2 Å². The first kappa shape index (κ1) is 24.4. The lowest BCUT2D eigenvalue weighted by atomic mass is 9.88. The smallest absolute Gasteiger partial charge is 0.294 e. The molecule has 3 amide bonds. The molecule has 34 heavy (non-hydrogen) atoms. The second-order valence-corrected chi connectivity index (χ2v) is 10.6. The molecule has 9 heteroatoms. The summed E-state index contributed by atoms with van der Waals surface area (Å²) in [4.78, 5) is 41.1. The lowest BCUT2D eigenvalue weighted by Crippen LogP contribution is -2.42. The first-order chi connectivity index (χ1) is 16.0. The Hall–Kier alpha value is -2.74. The number of imide groups is 1. The molecule has 6 nitrogen and oxygen atoms in total. The molecular formula is C25H23Cl2N3O3S. The molecule has 2 aromatic carbocycles. The average Bonchev–Trinajstić information content (AvgIpc) is 3.02. The number of anilines is 2. The second-order valence-electron chi connectivity index (χ2n) is 8.75. The lowest BCUT2D eigenvalue weighted by molar-refractivity contribution is -0.127. The van der Waals surface area contributed by atoms with Crippen LogP contribution in [0.1, 0.15) is 31.9 Å². The fourth-order valence-corrected chi connectivity index (χ4v) is 5.12. The van der Waals surface area contributed by atoms with E-state index in [1.807, 2.05) is 26.1 Å². The van der Waals surface area contributed by atoms with Gasteiger partial charge in [0.1, 0.15) is 6.54 Å². The van der Waals surface area contributed by atoms with Gasteiger partial charge in [-0.3, -0.25) is 19.3 Å². The van der Waals surface area contributed by atoms with Crippen LogP contribution in [0, 0.1) is 0 Å². The maximum atomic E-state index is 12.9. The Balaban J connectivity index is 1.55. The van der Waals surface area contributed by atoms with Crippen LogP contribution in [0.4, 0.5) is 16.2 Å². The molecule has 0 radical (unpaired) electrons. The fourth-order valence-electron chi connectivity index (χ4n) is 3.95. The van der Waals surface area contributed by atoms with Crippen molar-refractivity contribution in [1.82, 2.24) is 4.90 Å². The van der Waals surface area contributed by atoms with Gasteiger partial charge in [0.2, 0.25) is 5.91 Å². The van der Waals surface area contributed by atoms with E-state index < -0.39 is 17.1 Å². The lowest BCUT2D eigenvalue weighted by Gasteiger charge is -2.40. The number of likely N-dealkylation sites (N-methyl/N-ethyl adjacent to an activating group) is 1. The number of allylic oxidation sites excluding steroid dienone is 1. The van der Waals surface area contributed by atoms with Gasteiger partial charge in [-0.15, -0.1) is 0 Å². The van der Waals surface area contributed by atoms with E-state index in [9.17, 15) is 14.4 Å². The molecule has 1 saturated heterocycles. The molecule has 4 rings (SSSR count). The molecule has 0 saturated carbocycles. The average molecular weight is 516 g/mol. The van der Waals surface area contributed by atoms with Crippen LogP contribution in [0.2, 0.25) is 10.0 Å². The standard InChI is InChI=1S/C25H23Cl2N3O3S/c1-14-12-25(2,3)29(4)20-11-19(27)15(9-18(14)20)10-21-23(32)30(24(33)34-21)13-22(31)28-17-7-5-16(26)6-8-17/h5-12H,13H2,1-4H3,(H,28,31)/b21-10+. The number of rotatable bonds is 4. The van der Waals surface area contributed by atoms with Crippen molar-refractivity contribution >= 4 is 75.0 Å². The molecule has 0 spiro atoms. The van der Waals surface area contributed by atoms with Crippen LogP contribution >= 0.6 is 35.0 Å². The van der Waals surface area contributed by atoms with Crippen molar-refractivity contribution < 1.29 is 14.4 Å². The van der Waals surface area contributed by atoms with Crippen LogP contribution in [0.5, 0.6) is 0 Å². The van der Waals surface area contributed by atoms with Gasteiger partial charge in [-0.1, -0.05) is 29.3 Å². The summed E-state index contributed by atoms with van der Waals surface area (Å²) < 4.78 is 0. The van der Waals surface area contributed by atoms with Crippen LogP contribution in [-0.4, -0.2) is 41.1 Å². The van der Waals surface area contributed by atoms with Gasteiger partial charge in [-0.05, 0) is 86.1 Å². The maximum absolute atomic E-state index is 12.9. The van der Waals surface area contributed by atoms with Crippen molar-refractivity contribution in [3.8, 4) is 0 Å². The van der Waals surface area contributed by atoms with Crippen molar-refractivity contribution in [3.63, 3.8) is 0 Å². The summed E-state index contributed by atoms with van der Waals surface area (Å²) >= 11 is 13.2. The minimum Gasteiger partial charge on any atom is -0.365 e. The van der Waals surface area contributed by atoms with Crippen LogP contribution in [0.3, 0.4) is 0 Å². The Morgan fingerprint density at radius 1 is 1.15 bits per heavy atom. The molecule has 2 aliphatic rings. The van der Waals surface area contributed by atoms with Gasteiger partial charge in [-0.2, -0.15) is 0 Å². The number of hydrogen-bond acceptors (Lipinski definition) is 5. The van der Waals surface area contributed by atoms with Crippen molar-refractivity contribution in [1.29, 1.82) is 0 Å². The van der Waals surface area contributed by atoms with Crippen molar-refractivity contribution in [2.24, 2.45) is 0 Å². The summed E-state index contributed by atoms with van der Waals surface area (Å²) in [6.45, 7) is 5.91. The summed E-state index contributed by atoms with van der Waals surface area (Å²) in [5.41, 5.74) is 4.12. The molecule has 2 heterocycles. The van der Waals surface area contributed by atoms with Crippen molar-refractivity contribution in [2.45, 2.75) is 26.3 Å². The van der Waals surface area contributed by atoms with Crippen LogP contribution in [0.15, 0.2) is 47.4 Å². The zero-order valence-corrected chi connectivity index (χ0v) is 21.4. The molecular weight excluding hydrogens is 493 g/mol. The zero-order chi connectivity index (χ0) is 24.8. The van der Waals surface area contributed by atoms with Crippen LogP contribution < -0.4 is 10.2 Å². The molecule has 2 aromatic rings. The van der Waals surface area contributed by atoms with Crippen LogP contribution in [-0.2, 0) is 9.59 Å². The fraction of sp³-hybridized carbons (Fsp3) is 0.240. The monoisotopic (exact) mass is 515 g/mol. The molecule has 176 valence electrons. The minimum absolute atomic E-state index is 0.156. The predicted molar refractivity (Wildman–Crippen MR) is 140 cm³/mol. The van der Waals surface area contributed by atoms with Crippen molar-refractivity contribution in [2.75, 3.05) is 23.8 Å². The third-order valence-electron chi connectivity index (χ3n) is 5.93. The summed E-state index contributed by atoms with van der Waals surface area (Å²) in [5, 5.41) is 3.16. The molecule has 0 unspecified atom stereocenters. The van der Waals surface area contributed by atoms with E-state index in [0.29, 0.717) is 21.3 Å². The van der Waals surface area contributed by atoms with E-state index in [4.69, 9.17) is 23.2 Å². The van der Waals surface area contributed by atoms with Gasteiger partial charge in [0, 0.05) is 34.0 Å². The quantitative estimate of drug-likeness (QED) is 0.483. The highest BCUT2D eigenvalue weighted by Gasteiger charge is 2.37. The minimum atomic E-state index is -0.527. The van der Waals surface area contributed by atoms with E-state index >= 15 is 0 Å². The van der Waals surface area contributed by atoms with E-state index in [0.717, 1.165) is 33.5 Å². The van der Waals surface area contributed by atoms with Gasteiger partial charge >= 0.3 is 0 Å². The number of fused-ring (bicyclic) bond motifs is 1. The van der Waals surface area contributed by atoms with E-state index in [2.05, 4.69) is 30.1 Å². The van der Waals surface area contributed by atoms with Crippen molar-refractivity contribution in [3.05, 3.63) is 68.6 Å². The number of thioether (sulfide) groups is 1. The summed E-state index contributed by atoms with van der Waals surface area (Å²) in [6, 6.07) is 10.4. The Morgan fingerprint density at radius 2 is 1.82 bits per heavy atom. The number of nitrogens with zero attached hydrogens (tertiary/aromatic N) is 2. The number of carbonyl (C=O) groups is 3. The zero-order valence-electron chi connectivity index (χ0n) is 19.1. The van der Waals surface area contributed by atoms with E-state index in [-0.39, 0.29) is 17.0 Å². The normalized spacial score (nSPS) is 18.3. The molecule has 1 N–H and O–H groups in total. The predicted octanol–water partition coefficient (Wildman–Crippen LogP) is 6.30. The van der Waals surface area contributed by atoms with Gasteiger partial charge in [0.15, 0.2) is 0 Å². The topological polar surface area (TPSA) is 69.7 Å². The summed E-state index contributed by atoms with van der Waals surface area (Å²) in [5.74, 6) is -1.01. The number of benzene rings is 2. The first-order valence-electron chi connectivity index (χ1n) is 10.5. The van der Waals surface area contributed by atoms with E-state index in [1.54, 1.807) is 30.3 Å². The Kier molecular flexibility index (Phi) is 6.55. The number of halogens is 2. The third kappa shape index (κ3) is 4.73. The molecule has 0 atom stereocenters. The number of amides is 3. The third-order valence-corrected chi connectivity index (χ3v) is 7.41. The number of carbonyl (C=O) groups excluding carboxylic acids is 3. The Morgan fingerprint density at radius 3 is 2.50 bits per heavy atom. The SMILES string of the molecule is CC1=CC(C)(C)N(C)c2cc(Cl)c(/C=C3/SC(=O)N(CC(=O)Nc4ccc(Cl)cc4)C3=O)cc21. The van der Waals surface area contributed by atoms with E-state index in [1.165, 1.54) is 0 Å². The summed E-state index contributed by atoms with van der Waals surface area (Å²) in [7, 11) is 2.01. The molecule has 2 aliphatic heterocycles. The number of hydrogen-bond donors (Lipinski definition) is 1. The molecule has 0 aliphatic carbocycles. The second kappa shape index (κ2) is 9.13. The maximum Gasteiger partial charge on any atom is 0.294 e. The summed E-state index contributed by atoms with van der Waals surface area (Å²) in [6.07, 6.45) is 3.79. The molecule has 1 fully saturated rings. The highest BCUT2D eigenvalue weighted by atomic mass is 35.5. The van der Waals surface area contributed by atoms with Gasteiger partial charge in [0.25, 0.3) is 11.1 Å². The van der Waals surface area contributed by atoms with Gasteiger partial charge in [-0.25, -0.2) is 0 Å². The number of nitrogens with one attached hydrogen (secondary N) is 1. The highest BCUT2D eigenvalue weighted by Crippen LogP contribution is 2.42. The molecule has 0 aromatic heterocycles.